The van der Waals surface area contributed by atoms with Crippen LogP contribution in [0.3, 0.4) is 0 Å². The van der Waals surface area contributed by atoms with Crippen molar-refractivity contribution in [2.75, 3.05) is 7.11 Å². The van der Waals surface area contributed by atoms with E-state index in [1.165, 1.54) is 23.8 Å². The SMILES string of the molecule is CO[C@H]1C(=O)N2C(C(=O)C(C)(C)C)=C(C)C(C=O)S[C@@H]12. The van der Waals surface area contributed by atoms with Gasteiger partial charge in [0.15, 0.2) is 11.9 Å². The number of β-lactam (4-membered cyclic amide) rings is 1. The van der Waals surface area contributed by atoms with Crippen LogP contribution in [0.5, 0.6) is 0 Å². The van der Waals surface area contributed by atoms with Gasteiger partial charge in [-0.2, -0.15) is 0 Å². The van der Waals surface area contributed by atoms with E-state index in [-0.39, 0.29) is 17.1 Å². The fourth-order valence-corrected chi connectivity index (χ4v) is 3.76. The van der Waals surface area contributed by atoms with Gasteiger partial charge in [0.1, 0.15) is 11.7 Å². The molecule has 2 heterocycles. The summed E-state index contributed by atoms with van der Waals surface area (Å²) in [4.78, 5) is 37.4. The number of rotatable bonds is 3. The number of ether oxygens (including phenoxy) is 1. The van der Waals surface area contributed by atoms with E-state index < -0.39 is 16.8 Å². The predicted molar refractivity (Wildman–Crippen MR) is 76.0 cm³/mol. The molecular formula is C14H19NO4S. The highest BCUT2D eigenvalue weighted by Crippen LogP contribution is 2.45. The van der Waals surface area contributed by atoms with Crippen molar-refractivity contribution in [1.29, 1.82) is 0 Å². The normalized spacial score (nSPS) is 29.9. The van der Waals surface area contributed by atoms with Crippen molar-refractivity contribution in [3.05, 3.63) is 11.3 Å². The summed E-state index contributed by atoms with van der Waals surface area (Å²) in [6, 6.07) is 0. The van der Waals surface area contributed by atoms with Crippen molar-refractivity contribution in [2.45, 2.75) is 44.4 Å². The van der Waals surface area contributed by atoms with Crippen molar-refractivity contribution in [3.8, 4) is 0 Å². The number of ketones is 1. The van der Waals surface area contributed by atoms with E-state index in [2.05, 4.69) is 0 Å². The van der Waals surface area contributed by atoms with Gasteiger partial charge in [-0.25, -0.2) is 0 Å². The van der Waals surface area contributed by atoms with Gasteiger partial charge in [-0.3, -0.25) is 14.5 Å². The number of methoxy groups -OCH3 is 1. The van der Waals surface area contributed by atoms with Crippen LogP contribution >= 0.6 is 11.8 Å². The lowest BCUT2D eigenvalue weighted by Crippen LogP contribution is -2.66. The Hall–Kier alpha value is -1.14. The maximum absolute atomic E-state index is 12.6. The van der Waals surface area contributed by atoms with Crippen molar-refractivity contribution in [1.82, 2.24) is 4.90 Å². The van der Waals surface area contributed by atoms with Crippen LogP contribution in [0.4, 0.5) is 0 Å². The largest absolute Gasteiger partial charge is 0.368 e. The molecule has 20 heavy (non-hydrogen) atoms. The van der Waals surface area contributed by atoms with Crippen molar-refractivity contribution in [2.24, 2.45) is 5.41 Å². The summed E-state index contributed by atoms with van der Waals surface area (Å²) in [5.74, 6) is -0.323. The van der Waals surface area contributed by atoms with Crippen molar-refractivity contribution < 1.29 is 19.1 Å². The summed E-state index contributed by atoms with van der Waals surface area (Å²) in [6.07, 6.45) is 0.251. The van der Waals surface area contributed by atoms with Crippen LogP contribution in [0, 0.1) is 5.41 Å². The molecule has 1 amide bonds. The molecule has 3 atom stereocenters. The second kappa shape index (κ2) is 5.00. The van der Waals surface area contributed by atoms with Gasteiger partial charge in [0, 0.05) is 12.5 Å². The first-order valence-corrected chi connectivity index (χ1v) is 7.40. The number of fused-ring (bicyclic) bond motifs is 1. The first-order chi connectivity index (χ1) is 9.23. The first kappa shape index (κ1) is 15.3. The molecule has 0 aliphatic carbocycles. The van der Waals surface area contributed by atoms with Crippen LogP contribution in [0.25, 0.3) is 0 Å². The van der Waals surface area contributed by atoms with E-state index in [9.17, 15) is 14.4 Å². The van der Waals surface area contributed by atoms with Crippen LogP contribution in [-0.4, -0.2) is 46.7 Å². The molecule has 6 heteroatoms. The molecule has 0 radical (unpaired) electrons. The number of nitrogens with zero attached hydrogens (tertiary/aromatic N) is 1. The van der Waals surface area contributed by atoms with Crippen LogP contribution < -0.4 is 0 Å². The molecular weight excluding hydrogens is 278 g/mol. The van der Waals surface area contributed by atoms with Gasteiger partial charge < -0.3 is 9.53 Å². The summed E-state index contributed by atoms with van der Waals surface area (Å²) in [5, 5.41) is -0.684. The van der Waals surface area contributed by atoms with E-state index in [4.69, 9.17) is 4.74 Å². The van der Waals surface area contributed by atoms with Crippen molar-refractivity contribution >= 4 is 29.7 Å². The van der Waals surface area contributed by atoms with E-state index in [0.29, 0.717) is 11.3 Å². The second-order valence-electron chi connectivity index (χ2n) is 6.06. The van der Waals surface area contributed by atoms with E-state index >= 15 is 0 Å². The van der Waals surface area contributed by atoms with Crippen LogP contribution in [-0.2, 0) is 19.1 Å². The Morgan fingerprint density at radius 1 is 1.40 bits per heavy atom. The highest BCUT2D eigenvalue weighted by atomic mass is 32.2. The molecule has 0 saturated carbocycles. The third kappa shape index (κ3) is 2.11. The van der Waals surface area contributed by atoms with Gasteiger partial charge in [-0.1, -0.05) is 20.8 Å². The maximum Gasteiger partial charge on any atom is 0.260 e. The van der Waals surface area contributed by atoms with Gasteiger partial charge in [-0.15, -0.1) is 11.8 Å². The lowest BCUT2D eigenvalue weighted by molar-refractivity contribution is -0.160. The molecule has 0 bridgehead atoms. The fraction of sp³-hybridized carbons (Fsp3) is 0.643. The topological polar surface area (TPSA) is 63.7 Å². The second-order valence-corrected chi connectivity index (χ2v) is 7.32. The van der Waals surface area contributed by atoms with Gasteiger partial charge >= 0.3 is 0 Å². The van der Waals surface area contributed by atoms with Crippen LogP contribution in [0.2, 0.25) is 0 Å². The Balaban J connectivity index is 2.47. The maximum atomic E-state index is 12.6. The standard InChI is InChI=1S/C14H19NO4S/c1-7-8(6-16)20-13-10(19-5)12(18)15(13)9(7)11(17)14(2,3)4/h6,8,10,13H,1-5H3/t8?,10-,13-/m0/s1. The van der Waals surface area contributed by atoms with Crippen LogP contribution in [0.15, 0.2) is 11.3 Å². The molecule has 2 aliphatic rings. The quantitative estimate of drug-likeness (QED) is 0.581. The highest BCUT2D eigenvalue weighted by molar-refractivity contribution is 8.01. The summed E-state index contributed by atoms with van der Waals surface area (Å²) < 4.78 is 5.15. The molecule has 1 saturated heterocycles. The Morgan fingerprint density at radius 2 is 2.00 bits per heavy atom. The summed E-state index contributed by atoms with van der Waals surface area (Å²) in [5.41, 5.74) is 0.426. The average Bonchev–Trinajstić information content (AvgIpc) is 2.37. The zero-order chi connectivity index (χ0) is 15.2. The third-order valence-corrected chi connectivity index (χ3v) is 5.09. The Kier molecular flexibility index (Phi) is 3.81. The Bertz CT molecular complexity index is 506. The fourth-order valence-electron chi connectivity index (χ4n) is 2.38. The number of thioether (sulfide) groups is 1. The summed E-state index contributed by atoms with van der Waals surface area (Å²) >= 11 is 1.36. The lowest BCUT2D eigenvalue weighted by atomic mass is 9.85. The minimum Gasteiger partial charge on any atom is -0.368 e. The number of carbonyl (C=O) groups is 3. The molecule has 5 nitrogen and oxygen atoms in total. The van der Waals surface area contributed by atoms with E-state index in [0.717, 1.165) is 6.29 Å². The number of aldehydes is 1. The van der Waals surface area contributed by atoms with Gasteiger partial charge in [0.05, 0.1) is 10.9 Å². The monoisotopic (exact) mass is 297 g/mol. The minimum absolute atomic E-state index is 0.116. The number of hydrogen-bond acceptors (Lipinski definition) is 5. The number of allylic oxidation sites excluding steroid dienone is 1. The first-order valence-electron chi connectivity index (χ1n) is 6.46. The number of Topliss-reactive ketones (excluding diaryl/α,β-unsaturated/α-hetero) is 1. The number of hydrogen-bond donors (Lipinski definition) is 0. The molecule has 1 unspecified atom stereocenters. The van der Waals surface area contributed by atoms with Gasteiger partial charge in [-0.05, 0) is 12.5 Å². The lowest BCUT2D eigenvalue weighted by Gasteiger charge is -2.51. The Morgan fingerprint density at radius 3 is 2.45 bits per heavy atom. The Labute approximate surface area is 122 Å². The highest BCUT2D eigenvalue weighted by Gasteiger charge is 2.56. The summed E-state index contributed by atoms with van der Waals surface area (Å²) in [6.45, 7) is 7.16. The third-order valence-electron chi connectivity index (χ3n) is 3.60. The predicted octanol–water partition coefficient (Wildman–Crippen LogP) is 1.37. The molecule has 0 N–H and O–H groups in total. The number of amides is 1. The zero-order valence-corrected chi connectivity index (χ0v) is 13.1. The molecule has 0 spiro atoms. The average molecular weight is 297 g/mol. The number of carbonyl (C=O) groups excluding carboxylic acids is 3. The minimum atomic E-state index is -0.602. The molecule has 0 aromatic rings. The molecule has 2 aliphatic heterocycles. The van der Waals surface area contributed by atoms with Gasteiger partial charge in [0.25, 0.3) is 5.91 Å². The molecule has 2 rings (SSSR count). The van der Waals surface area contributed by atoms with Crippen molar-refractivity contribution in [3.63, 3.8) is 0 Å². The van der Waals surface area contributed by atoms with Crippen LogP contribution in [0.1, 0.15) is 27.7 Å². The molecule has 1 fully saturated rings. The molecule has 110 valence electrons. The van der Waals surface area contributed by atoms with Gasteiger partial charge in [0.2, 0.25) is 0 Å². The van der Waals surface area contributed by atoms with E-state index in [1.807, 2.05) is 0 Å². The molecule has 0 aromatic heterocycles. The molecule has 0 aromatic carbocycles. The smallest absolute Gasteiger partial charge is 0.260 e. The zero-order valence-electron chi connectivity index (χ0n) is 12.3. The summed E-state index contributed by atoms with van der Waals surface area (Å²) in [7, 11) is 1.47. The van der Waals surface area contributed by atoms with E-state index in [1.54, 1.807) is 27.7 Å².